The molecule has 3 atom stereocenters. The van der Waals surface area contributed by atoms with E-state index in [1.165, 1.54) is 19.3 Å². The maximum absolute atomic E-state index is 11.4. The lowest BCUT2D eigenvalue weighted by atomic mass is 9.74. The van der Waals surface area contributed by atoms with Crippen molar-refractivity contribution >= 4 is 5.78 Å². The Morgan fingerprint density at radius 3 is 3.00 bits per heavy atom. The fourth-order valence-corrected chi connectivity index (χ4v) is 2.96. The molecule has 0 radical (unpaired) electrons. The van der Waals surface area contributed by atoms with Crippen LogP contribution in [-0.4, -0.2) is 19.0 Å². The zero-order valence-corrected chi connectivity index (χ0v) is 9.71. The maximum Gasteiger partial charge on any atom is 0.133 e. The Hall–Kier alpha value is -0.370. The van der Waals surface area contributed by atoms with E-state index in [9.17, 15) is 4.79 Å². The summed E-state index contributed by atoms with van der Waals surface area (Å²) in [7, 11) is 0. The van der Waals surface area contributed by atoms with Gasteiger partial charge >= 0.3 is 0 Å². The number of carbonyl (C=O) groups excluding carboxylic acids is 1. The van der Waals surface area contributed by atoms with Crippen molar-refractivity contribution in [1.29, 1.82) is 0 Å². The predicted octanol–water partition coefficient (Wildman–Crippen LogP) is 2.81. The Labute approximate surface area is 92.4 Å². The summed E-state index contributed by atoms with van der Waals surface area (Å²) in [5.41, 5.74) is 0. The van der Waals surface area contributed by atoms with Crippen LogP contribution >= 0.6 is 0 Å². The number of rotatable bonds is 2. The van der Waals surface area contributed by atoms with Gasteiger partial charge in [-0.15, -0.1) is 0 Å². The highest BCUT2D eigenvalue weighted by Crippen LogP contribution is 2.34. The van der Waals surface area contributed by atoms with Crippen LogP contribution in [0.1, 0.15) is 45.4 Å². The molecule has 0 spiro atoms. The quantitative estimate of drug-likeness (QED) is 0.700. The summed E-state index contributed by atoms with van der Waals surface area (Å²) in [6.45, 7) is 4.17. The largest absolute Gasteiger partial charge is 0.381 e. The van der Waals surface area contributed by atoms with Gasteiger partial charge in [0.25, 0.3) is 0 Å². The standard InChI is InChI=1S/C13H22O2/c1-10-4-5-13(14)8-12(10)7-11-3-2-6-15-9-11/h10-12H,2-9H2,1H3. The summed E-state index contributed by atoms with van der Waals surface area (Å²) in [6.07, 6.45) is 6.48. The van der Waals surface area contributed by atoms with Crippen molar-refractivity contribution in [2.45, 2.75) is 45.4 Å². The van der Waals surface area contributed by atoms with Gasteiger partial charge in [-0.3, -0.25) is 4.79 Å². The van der Waals surface area contributed by atoms with E-state index in [1.54, 1.807) is 0 Å². The van der Waals surface area contributed by atoms with Gasteiger partial charge in [0.05, 0.1) is 0 Å². The highest BCUT2D eigenvalue weighted by molar-refractivity contribution is 5.79. The van der Waals surface area contributed by atoms with E-state index in [0.29, 0.717) is 11.7 Å². The number of ketones is 1. The molecule has 0 N–H and O–H groups in total. The smallest absolute Gasteiger partial charge is 0.133 e. The molecular weight excluding hydrogens is 188 g/mol. The van der Waals surface area contributed by atoms with Crippen molar-refractivity contribution in [1.82, 2.24) is 0 Å². The topological polar surface area (TPSA) is 26.3 Å². The molecule has 0 bridgehead atoms. The Balaban J connectivity index is 1.83. The molecule has 2 fully saturated rings. The number of ether oxygens (including phenoxy) is 1. The first-order chi connectivity index (χ1) is 7.25. The zero-order chi connectivity index (χ0) is 10.7. The number of hydrogen-bond acceptors (Lipinski definition) is 2. The molecule has 0 aromatic heterocycles. The van der Waals surface area contributed by atoms with E-state index in [1.807, 2.05) is 0 Å². The van der Waals surface area contributed by atoms with Gasteiger partial charge in [0, 0.05) is 26.1 Å². The second kappa shape index (κ2) is 5.11. The van der Waals surface area contributed by atoms with Gasteiger partial charge < -0.3 is 4.74 Å². The van der Waals surface area contributed by atoms with Gasteiger partial charge in [0.1, 0.15) is 5.78 Å². The van der Waals surface area contributed by atoms with E-state index < -0.39 is 0 Å². The fourth-order valence-electron chi connectivity index (χ4n) is 2.96. The molecular formula is C13H22O2. The van der Waals surface area contributed by atoms with Crippen molar-refractivity contribution in [3.05, 3.63) is 0 Å². The van der Waals surface area contributed by atoms with Crippen LogP contribution in [0.2, 0.25) is 0 Å². The van der Waals surface area contributed by atoms with Crippen LogP contribution in [-0.2, 0) is 9.53 Å². The molecule has 0 aromatic carbocycles. The van der Waals surface area contributed by atoms with Crippen molar-refractivity contribution in [3.63, 3.8) is 0 Å². The summed E-state index contributed by atoms with van der Waals surface area (Å²) in [5.74, 6) is 2.58. The molecule has 86 valence electrons. The molecule has 0 amide bonds. The summed E-state index contributed by atoms with van der Waals surface area (Å²) < 4.78 is 5.50. The molecule has 1 saturated carbocycles. The first kappa shape index (κ1) is 11.1. The lowest BCUT2D eigenvalue weighted by molar-refractivity contribution is -0.123. The minimum absolute atomic E-state index is 0.481. The van der Waals surface area contributed by atoms with Gasteiger partial charge in [-0.1, -0.05) is 6.92 Å². The third-order valence-corrected chi connectivity index (χ3v) is 4.06. The molecule has 15 heavy (non-hydrogen) atoms. The average molecular weight is 210 g/mol. The van der Waals surface area contributed by atoms with Crippen molar-refractivity contribution in [2.24, 2.45) is 17.8 Å². The molecule has 2 nitrogen and oxygen atoms in total. The van der Waals surface area contributed by atoms with Crippen LogP contribution in [0.15, 0.2) is 0 Å². The van der Waals surface area contributed by atoms with Crippen LogP contribution < -0.4 is 0 Å². The van der Waals surface area contributed by atoms with E-state index in [0.717, 1.165) is 44.3 Å². The lowest BCUT2D eigenvalue weighted by Gasteiger charge is -2.32. The van der Waals surface area contributed by atoms with Gasteiger partial charge in [0.2, 0.25) is 0 Å². The van der Waals surface area contributed by atoms with E-state index in [-0.39, 0.29) is 0 Å². The molecule has 3 unspecified atom stereocenters. The normalized spacial score (nSPS) is 37.9. The van der Waals surface area contributed by atoms with Crippen LogP contribution in [0.4, 0.5) is 0 Å². The predicted molar refractivity (Wildman–Crippen MR) is 59.7 cm³/mol. The molecule has 0 aromatic rings. The van der Waals surface area contributed by atoms with Crippen molar-refractivity contribution < 1.29 is 9.53 Å². The first-order valence-corrected chi connectivity index (χ1v) is 6.35. The highest BCUT2D eigenvalue weighted by atomic mass is 16.5. The third kappa shape index (κ3) is 3.04. The van der Waals surface area contributed by atoms with Crippen LogP contribution in [0.5, 0.6) is 0 Å². The Bertz CT molecular complexity index is 219. The molecule has 2 heteroatoms. The Kier molecular flexibility index (Phi) is 3.79. The summed E-state index contributed by atoms with van der Waals surface area (Å²) in [5, 5.41) is 0. The van der Waals surface area contributed by atoms with Crippen molar-refractivity contribution in [2.75, 3.05) is 13.2 Å². The molecule has 1 heterocycles. The summed E-state index contributed by atoms with van der Waals surface area (Å²) in [4.78, 5) is 11.4. The van der Waals surface area contributed by atoms with Gasteiger partial charge in [-0.25, -0.2) is 0 Å². The Morgan fingerprint density at radius 1 is 1.40 bits per heavy atom. The van der Waals surface area contributed by atoms with Crippen LogP contribution in [0.25, 0.3) is 0 Å². The van der Waals surface area contributed by atoms with Crippen LogP contribution in [0.3, 0.4) is 0 Å². The second-order valence-electron chi connectivity index (χ2n) is 5.34. The molecule has 1 aliphatic carbocycles. The van der Waals surface area contributed by atoms with Gasteiger partial charge in [-0.05, 0) is 43.4 Å². The van der Waals surface area contributed by atoms with Gasteiger partial charge in [-0.2, -0.15) is 0 Å². The Morgan fingerprint density at radius 2 is 2.27 bits per heavy atom. The summed E-state index contributed by atoms with van der Waals surface area (Å²) >= 11 is 0. The first-order valence-electron chi connectivity index (χ1n) is 6.35. The van der Waals surface area contributed by atoms with Crippen LogP contribution in [0, 0.1) is 17.8 Å². The van der Waals surface area contributed by atoms with E-state index in [2.05, 4.69) is 6.92 Å². The average Bonchev–Trinajstić information content (AvgIpc) is 2.25. The second-order valence-corrected chi connectivity index (χ2v) is 5.34. The molecule has 2 aliphatic rings. The van der Waals surface area contributed by atoms with Gasteiger partial charge in [0.15, 0.2) is 0 Å². The monoisotopic (exact) mass is 210 g/mol. The van der Waals surface area contributed by atoms with E-state index >= 15 is 0 Å². The minimum atomic E-state index is 0.481. The number of Topliss-reactive ketones (excluding diaryl/α,β-unsaturated/α-hetero) is 1. The molecule has 1 saturated heterocycles. The highest BCUT2D eigenvalue weighted by Gasteiger charge is 2.29. The summed E-state index contributed by atoms with van der Waals surface area (Å²) in [6, 6.07) is 0. The SMILES string of the molecule is CC1CCC(=O)CC1CC1CCCOC1. The zero-order valence-electron chi connectivity index (χ0n) is 9.71. The number of carbonyl (C=O) groups is 1. The fraction of sp³-hybridized carbons (Fsp3) is 0.923. The minimum Gasteiger partial charge on any atom is -0.381 e. The van der Waals surface area contributed by atoms with E-state index in [4.69, 9.17) is 4.74 Å². The number of hydrogen-bond donors (Lipinski definition) is 0. The van der Waals surface area contributed by atoms with Crippen molar-refractivity contribution in [3.8, 4) is 0 Å². The lowest BCUT2D eigenvalue weighted by Crippen LogP contribution is -2.28. The third-order valence-electron chi connectivity index (χ3n) is 4.06. The molecule has 1 aliphatic heterocycles. The molecule has 2 rings (SSSR count). The maximum atomic E-state index is 11.4.